The molecule has 0 aromatic heterocycles. The van der Waals surface area contributed by atoms with Gasteiger partial charge < -0.3 is 14.8 Å². The van der Waals surface area contributed by atoms with Crippen LogP contribution < -0.4 is 14.8 Å². The van der Waals surface area contributed by atoms with Gasteiger partial charge in [-0.3, -0.25) is 4.79 Å². The molecule has 1 N–H and O–H groups in total. The Kier molecular flexibility index (Phi) is 6.48. The zero-order valence-electron chi connectivity index (χ0n) is 13.7. The average molecular weight is 313 g/mol. The second kappa shape index (κ2) is 8.83. The third-order valence-electron chi connectivity index (χ3n) is 3.50. The summed E-state index contributed by atoms with van der Waals surface area (Å²) in [7, 11) is 1.61. The molecular weight excluding hydrogens is 290 g/mol. The van der Waals surface area contributed by atoms with Gasteiger partial charge in [-0.25, -0.2) is 0 Å². The molecule has 0 spiro atoms. The Morgan fingerprint density at radius 3 is 2.61 bits per heavy atom. The molecule has 0 fully saturated rings. The first-order valence-electron chi connectivity index (χ1n) is 7.87. The van der Waals surface area contributed by atoms with E-state index in [2.05, 4.69) is 12.2 Å². The van der Waals surface area contributed by atoms with Crippen LogP contribution >= 0.6 is 0 Å². The van der Waals surface area contributed by atoms with Crippen molar-refractivity contribution in [2.24, 2.45) is 0 Å². The van der Waals surface area contributed by atoms with Crippen LogP contribution in [0, 0.1) is 0 Å². The number of hydrogen-bond acceptors (Lipinski definition) is 3. The largest absolute Gasteiger partial charge is 0.496 e. The molecule has 2 aromatic carbocycles. The molecule has 4 nitrogen and oxygen atoms in total. The van der Waals surface area contributed by atoms with Gasteiger partial charge in [0.05, 0.1) is 7.11 Å². The summed E-state index contributed by atoms with van der Waals surface area (Å²) >= 11 is 0. The molecule has 0 aliphatic heterocycles. The highest BCUT2D eigenvalue weighted by Crippen LogP contribution is 2.22. The summed E-state index contributed by atoms with van der Waals surface area (Å²) in [5, 5.41) is 2.92. The predicted octanol–water partition coefficient (Wildman–Crippen LogP) is 3.80. The number of ether oxygens (including phenoxy) is 2. The van der Waals surface area contributed by atoms with Crippen molar-refractivity contribution in [2.75, 3.05) is 13.7 Å². The molecule has 0 atom stereocenters. The Labute approximate surface area is 137 Å². The van der Waals surface area contributed by atoms with Crippen molar-refractivity contribution < 1.29 is 14.3 Å². The van der Waals surface area contributed by atoms with E-state index in [4.69, 9.17) is 9.47 Å². The SMILES string of the molecule is CCCCNC(=O)c1ccc(OC)c(COc2ccccc2)c1. The highest BCUT2D eigenvalue weighted by atomic mass is 16.5. The molecule has 2 aromatic rings. The monoisotopic (exact) mass is 313 g/mol. The topological polar surface area (TPSA) is 47.6 Å². The maximum atomic E-state index is 12.2. The van der Waals surface area contributed by atoms with Crippen molar-refractivity contribution >= 4 is 5.91 Å². The molecule has 23 heavy (non-hydrogen) atoms. The summed E-state index contributed by atoms with van der Waals surface area (Å²) in [6, 6.07) is 15.0. The van der Waals surface area contributed by atoms with Crippen molar-refractivity contribution in [3.05, 3.63) is 59.7 Å². The van der Waals surface area contributed by atoms with Gasteiger partial charge in [0.25, 0.3) is 5.91 Å². The molecule has 0 radical (unpaired) electrons. The molecule has 2 rings (SSSR count). The van der Waals surface area contributed by atoms with Gasteiger partial charge in [-0.1, -0.05) is 31.5 Å². The molecule has 1 amide bonds. The smallest absolute Gasteiger partial charge is 0.251 e. The van der Waals surface area contributed by atoms with E-state index in [0.29, 0.717) is 24.5 Å². The molecule has 122 valence electrons. The molecule has 0 unspecified atom stereocenters. The predicted molar refractivity (Wildman–Crippen MR) is 91.0 cm³/mol. The molecule has 0 aliphatic carbocycles. The van der Waals surface area contributed by atoms with E-state index < -0.39 is 0 Å². The number of carbonyl (C=O) groups is 1. The number of benzene rings is 2. The number of hydrogen-bond donors (Lipinski definition) is 1. The van der Waals surface area contributed by atoms with E-state index in [9.17, 15) is 4.79 Å². The van der Waals surface area contributed by atoms with Gasteiger partial charge in [-0.2, -0.15) is 0 Å². The van der Waals surface area contributed by atoms with Crippen molar-refractivity contribution in [3.8, 4) is 11.5 Å². The maximum absolute atomic E-state index is 12.2. The first kappa shape index (κ1) is 16.9. The third-order valence-corrected chi connectivity index (χ3v) is 3.50. The lowest BCUT2D eigenvalue weighted by Gasteiger charge is -2.12. The van der Waals surface area contributed by atoms with Crippen LogP contribution in [0.1, 0.15) is 35.7 Å². The van der Waals surface area contributed by atoms with Crippen LogP contribution in [0.4, 0.5) is 0 Å². The van der Waals surface area contributed by atoms with Crippen LogP contribution in [-0.4, -0.2) is 19.6 Å². The lowest BCUT2D eigenvalue weighted by atomic mass is 10.1. The van der Waals surface area contributed by atoms with Gasteiger partial charge in [0, 0.05) is 17.7 Å². The van der Waals surface area contributed by atoms with Gasteiger partial charge >= 0.3 is 0 Å². The van der Waals surface area contributed by atoms with E-state index in [1.807, 2.05) is 36.4 Å². The van der Waals surface area contributed by atoms with E-state index in [-0.39, 0.29) is 5.91 Å². The number of rotatable bonds is 8. The van der Waals surface area contributed by atoms with Crippen LogP contribution in [-0.2, 0) is 6.61 Å². The summed E-state index contributed by atoms with van der Waals surface area (Å²) < 4.78 is 11.1. The van der Waals surface area contributed by atoms with Gasteiger partial charge in [0.1, 0.15) is 18.1 Å². The molecule has 0 aliphatic rings. The normalized spacial score (nSPS) is 10.2. The van der Waals surface area contributed by atoms with Crippen LogP contribution in [0.15, 0.2) is 48.5 Å². The molecule has 0 heterocycles. The van der Waals surface area contributed by atoms with Crippen molar-refractivity contribution in [1.82, 2.24) is 5.32 Å². The summed E-state index contributed by atoms with van der Waals surface area (Å²) in [5.74, 6) is 1.43. The van der Waals surface area contributed by atoms with E-state index in [1.165, 1.54) is 0 Å². The number of para-hydroxylation sites is 1. The minimum atomic E-state index is -0.0675. The highest BCUT2D eigenvalue weighted by Gasteiger charge is 2.10. The average Bonchev–Trinajstić information content (AvgIpc) is 2.60. The Balaban J connectivity index is 2.07. The number of amides is 1. The fourth-order valence-electron chi connectivity index (χ4n) is 2.19. The maximum Gasteiger partial charge on any atom is 0.251 e. The van der Waals surface area contributed by atoms with Crippen LogP contribution in [0.3, 0.4) is 0 Å². The van der Waals surface area contributed by atoms with Crippen molar-refractivity contribution in [3.63, 3.8) is 0 Å². The van der Waals surface area contributed by atoms with Crippen LogP contribution in [0.25, 0.3) is 0 Å². The standard InChI is InChI=1S/C19H23NO3/c1-3-4-12-20-19(21)15-10-11-18(22-2)16(13-15)14-23-17-8-6-5-7-9-17/h5-11,13H,3-4,12,14H2,1-2H3,(H,20,21). The van der Waals surface area contributed by atoms with E-state index in [1.54, 1.807) is 19.2 Å². The fraction of sp³-hybridized carbons (Fsp3) is 0.316. The molecular formula is C19H23NO3. The summed E-state index contributed by atoms with van der Waals surface area (Å²) in [4.78, 5) is 12.2. The van der Waals surface area contributed by atoms with Gasteiger partial charge in [0.2, 0.25) is 0 Å². The quantitative estimate of drug-likeness (QED) is 0.754. The molecule has 0 saturated carbocycles. The van der Waals surface area contributed by atoms with E-state index >= 15 is 0 Å². The van der Waals surface area contributed by atoms with Gasteiger partial charge in [-0.15, -0.1) is 0 Å². The molecule has 4 heteroatoms. The summed E-state index contributed by atoms with van der Waals surface area (Å²) in [6.07, 6.45) is 2.03. The second-order valence-electron chi connectivity index (χ2n) is 5.24. The lowest BCUT2D eigenvalue weighted by molar-refractivity contribution is 0.0953. The number of unbranched alkanes of at least 4 members (excludes halogenated alkanes) is 1. The zero-order valence-corrected chi connectivity index (χ0v) is 13.7. The minimum Gasteiger partial charge on any atom is -0.496 e. The number of methoxy groups -OCH3 is 1. The molecule has 0 saturated heterocycles. The fourth-order valence-corrected chi connectivity index (χ4v) is 2.19. The second-order valence-corrected chi connectivity index (χ2v) is 5.24. The van der Waals surface area contributed by atoms with Crippen LogP contribution in [0.2, 0.25) is 0 Å². The van der Waals surface area contributed by atoms with Crippen LogP contribution in [0.5, 0.6) is 11.5 Å². The van der Waals surface area contributed by atoms with Crippen molar-refractivity contribution in [2.45, 2.75) is 26.4 Å². The Hall–Kier alpha value is -2.49. The first-order valence-corrected chi connectivity index (χ1v) is 7.87. The van der Waals surface area contributed by atoms with Gasteiger partial charge in [0.15, 0.2) is 0 Å². The number of carbonyl (C=O) groups excluding carboxylic acids is 1. The Morgan fingerprint density at radius 1 is 1.13 bits per heavy atom. The van der Waals surface area contributed by atoms with Gasteiger partial charge in [-0.05, 0) is 36.8 Å². The van der Waals surface area contributed by atoms with Crippen molar-refractivity contribution in [1.29, 1.82) is 0 Å². The highest BCUT2D eigenvalue weighted by molar-refractivity contribution is 5.94. The Morgan fingerprint density at radius 2 is 1.91 bits per heavy atom. The summed E-state index contributed by atoms with van der Waals surface area (Å²) in [6.45, 7) is 3.14. The lowest BCUT2D eigenvalue weighted by Crippen LogP contribution is -2.24. The molecule has 0 bridgehead atoms. The summed E-state index contributed by atoms with van der Waals surface area (Å²) in [5.41, 5.74) is 1.47. The minimum absolute atomic E-state index is 0.0675. The zero-order chi connectivity index (χ0) is 16.5. The van der Waals surface area contributed by atoms with E-state index in [0.717, 1.165) is 24.2 Å². The third kappa shape index (κ3) is 5.02. The Bertz CT molecular complexity index is 626. The number of nitrogens with one attached hydrogen (secondary N) is 1. The first-order chi connectivity index (χ1) is 11.2.